The number of rotatable bonds is 3. The second-order valence-electron chi connectivity index (χ2n) is 4.48. The molecule has 7 heteroatoms. The fourth-order valence-electron chi connectivity index (χ4n) is 1.81. The highest BCUT2D eigenvalue weighted by Gasteiger charge is 2.40. The molecule has 0 saturated carbocycles. The first-order valence-corrected chi connectivity index (χ1v) is 5.64. The van der Waals surface area contributed by atoms with Crippen molar-refractivity contribution >= 4 is 11.9 Å². The number of carbonyl (C=O) groups is 1. The Morgan fingerprint density at radius 1 is 1.53 bits per heavy atom. The topological polar surface area (TPSA) is 97.3 Å². The molecule has 94 valence electrons. The summed E-state index contributed by atoms with van der Waals surface area (Å²) in [7, 11) is 0. The zero-order valence-electron chi connectivity index (χ0n) is 10.1. The van der Waals surface area contributed by atoms with Gasteiger partial charge >= 0.3 is 6.01 Å². The van der Waals surface area contributed by atoms with Crippen molar-refractivity contribution < 1.29 is 9.21 Å². The van der Waals surface area contributed by atoms with Crippen LogP contribution in [0.2, 0.25) is 0 Å². The number of hydrogen-bond acceptors (Lipinski definition) is 6. The number of nitrogens with zero attached hydrogens (tertiary/aromatic N) is 3. The molecule has 0 aliphatic carbocycles. The van der Waals surface area contributed by atoms with Crippen molar-refractivity contribution in [1.82, 2.24) is 15.5 Å². The van der Waals surface area contributed by atoms with Gasteiger partial charge in [-0.15, -0.1) is 5.10 Å². The third-order valence-corrected chi connectivity index (χ3v) is 2.90. The molecule has 0 bridgehead atoms. The average Bonchev–Trinajstić information content (AvgIpc) is 2.71. The molecule has 0 unspecified atom stereocenters. The first kappa shape index (κ1) is 11.8. The molecule has 1 aromatic rings. The predicted octanol–water partition coefficient (Wildman–Crippen LogP) is -0.714. The molecule has 1 aromatic heterocycles. The Balaban J connectivity index is 2.22. The van der Waals surface area contributed by atoms with E-state index in [1.54, 1.807) is 0 Å². The summed E-state index contributed by atoms with van der Waals surface area (Å²) in [6, 6.07) is 0.383. The molecule has 2 rings (SSSR count). The Hall–Kier alpha value is -1.63. The van der Waals surface area contributed by atoms with Crippen molar-refractivity contribution in [2.75, 3.05) is 24.5 Å². The van der Waals surface area contributed by atoms with Gasteiger partial charge in [-0.3, -0.25) is 4.79 Å². The number of nitrogens with two attached hydrogens (primary N) is 1. The molecule has 17 heavy (non-hydrogen) atoms. The van der Waals surface area contributed by atoms with Crippen molar-refractivity contribution in [3.8, 4) is 0 Å². The Morgan fingerprint density at radius 3 is 3.00 bits per heavy atom. The molecule has 2 heterocycles. The molecular weight excluding hydrogens is 222 g/mol. The third-order valence-electron chi connectivity index (χ3n) is 2.90. The Morgan fingerprint density at radius 2 is 2.29 bits per heavy atom. The summed E-state index contributed by atoms with van der Waals surface area (Å²) in [6.45, 7) is 5.36. The molecule has 1 aliphatic heterocycles. The highest BCUT2D eigenvalue weighted by molar-refractivity contribution is 5.89. The van der Waals surface area contributed by atoms with Gasteiger partial charge in [-0.1, -0.05) is 5.10 Å². The lowest BCUT2D eigenvalue weighted by Gasteiger charge is -2.39. The Labute approximate surface area is 99.4 Å². The summed E-state index contributed by atoms with van der Waals surface area (Å²) in [4.78, 5) is 13.6. The summed E-state index contributed by atoms with van der Waals surface area (Å²) < 4.78 is 5.49. The number of carbonyl (C=O) groups excluding carboxylic acids is 1. The standard InChI is InChI=1S/C10H17N5O2/c1-10(2)8(16)12-5-6-15(10)9-14-13-7(17-9)3-4-11/h3-6,11H2,1-2H3,(H,12,16). The maximum atomic E-state index is 11.8. The second kappa shape index (κ2) is 4.33. The first-order chi connectivity index (χ1) is 8.05. The summed E-state index contributed by atoms with van der Waals surface area (Å²) in [5, 5.41) is 10.7. The van der Waals surface area contributed by atoms with Crippen molar-refractivity contribution in [3.05, 3.63) is 5.89 Å². The van der Waals surface area contributed by atoms with E-state index in [0.717, 1.165) is 0 Å². The molecule has 0 aromatic carbocycles. The zero-order chi connectivity index (χ0) is 12.5. The summed E-state index contributed by atoms with van der Waals surface area (Å²) in [6.07, 6.45) is 0.549. The summed E-state index contributed by atoms with van der Waals surface area (Å²) in [5.41, 5.74) is 4.74. The molecule has 1 amide bonds. The number of amides is 1. The van der Waals surface area contributed by atoms with E-state index in [0.29, 0.717) is 38.0 Å². The van der Waals surface area contributed by atoms with Crippen LogP contribution in [0.15, 0.2) is 4.42 Å². The highest BCUT2D eigenvalue weighted by Crippen LogP contribution is 2.24. The van der Waals surface area contributed by atoms with Crippen molar-refractivity contribution in [2.45, 2.75) is 25.8 Å². The predicted molar refractivity (Wildman–Crippen MR) is 61.5 cm³/mol. The van der Waals surface area contributed by atoms with Crippen LogP contribution < -0.4 is 16.0 Å². The first-order valence-electron chi connectivity index (χ1n) is 5.64. The van der Waals surface area contributed by atoms with Crippen molar-refractivity contribution in [3.63, 3.8) is 0 Å². The smallest absolute Gasteiger partial charge is 0.319 e. The van der Waals surface area contributed by atoms with Gasteiger partial charge in [-0.2, -0.15) is 0 Å². The number of nitrogens with one attached hydrogen (secondary N) is 1. The molecule has 3 N–H and O–H groups in total. The van der Waals surface area contributed by atoms with Gasteiger partial charge in [0, 0.05) is 26.1 Å². The van der Waals surface area contributed by atoms with E-state index < -0.39 is 5.54 Å². The van der Waals surface area contributed by atoms with Crippen LogP contribution in [-0.4, -0.2) is 41.3 Å². The molecule has 0 spiro atoms. The van der Waals surface area contributed by atoms with Crippen LogP contribution in [0.5, 0.6) is 0 Å². The van der Waals surface area contributed by atoms with Crippen LogP contribution in [0, 0.1) is 0 Å². The fourth-order valence-corrected chi connectivity index (χ4v) is 1.81. The normalized spacial score (nSPS) is 19.2. The van der Waals surface area contributed by atoms with Gasteiger partial charge in [-0.05, 0) is 13.8 Å². The van der Waals surface area contributed by atoms with Gasteiger partial charge in [0.05, 0.1) is 0 Å². The molecule has 1 fully saturated rings. The van der Waals surface area contributed by atoms with Crippen LogP contribution in [0.3, 0.4) is 0 Å². The Kier molecular flexibility index (Phi) is 3.01. The zero-order valence-corrected chi connectivity index (χ0v) is 10.1. The third kappa shape index (κ3) is 2.10. The molecular formula is C10H17N5O2. The highest BCUT2D eigenvalue weighted by atomic mass is 16.4. The van der Waals surface area contributed by atoms with Crippen LogP contribution in [0.1, 0.15) is 19.7 Å². The lowest BCUT2D eigenvalue weighted by Crippen LogP contribution is -2.62. The summed E-state index contributed by atoms with van der Waals surface area (Å²) in [5.74, 6) is 0.464. The number of anilines is 1. The minimum absolute atomic E-state index is 0.0395. The van der Waals surface area contributed by atoms with Crippen LogP contribution in [0.25, 0.3) is 0 Å². The lowest BCUT2D eigenvalue weighted by atomic mass is 10.00. The average molecular weight is 239 g/mol. The maximum Gasteiger partial charge on any atom is 0.319 e. The van der Waals surface area contributed by atoms with E-state index in [1.807, 2.05) is 18.7 Å². The SMILES string of the molecule is CC1(C)C(=O)NCCN1c1nnc(CCN)o1. The van der Waals surface area contributed by atoms with E-state index in [2.05, 4.69) is 15.5 Å². The molecule has 0 radical (unpaired) electrons. The molecule has 7 nitrogen and oxygen atoms in total. The van der Waals surface area contributed by atoms with E-state index in [1.165, 1.54) is 0 Å². The van der Waals surface area contributed by atoms with Gasteiger partial charge in [0.15, 0.2) is 0 Å². The number of aromatic nitrogens is 2. The van der Waals surface area contributed by atoms with E-state index in [9.17, 15) is 4.79 Å². The molecule has 1 aliphatic rings. The van der Waals surface area contributed by atoms with Gasteiger partial charge in [-0.25, -0.2) is 0 Å². The van der Waals surface area contributed by atoms with Gasteiger partial charge < -0.3 is 20.4 Å². The Bertz CT molecular complexity index is 415. The lowest BCUT2D eigenvalue weighted by molar-refractivity contribution is -0.126. The van der Waals surface area contributed by atoms with Crippen LogP contribution in [0.4, 0.5) is 6.01 Å². The monoisotopic (exact) mass is 239 g/mol. The van der Waals surface area contributed by atoms with Gasteiger partial charge in [0.2, 0.25) is 11.8 Å². The fraction of sp³-hybridized carbons (Fsp3) is 0.700. The minimum Gasteiger partial charge on any atom is -0.408 e. The quantitative estimate of drug-likeness (QED) is 0.723. The minimum atomic E-state index is -0.676. The molecule has 0 atom stereocenters. The van der Waals surface area contributed by atoms with E-state index >= 15 is 0 Å². The van der Waals surface area contributed by atoms with Crippen molar-refractivity contribution in [2.24, 2.45) is 5.73 Å². The van der Waals surface area contributed by atoms with Crippen molar-refractivity contribution in [1.29, 1.82) is 0 Å². The van der Waals surface area contributed by atoms with Gasteiger partial charge in [0.25, 0.3) is 0 Å². The van der Waals surface area contributed by atoms with E-state index in [-0.39, 0.29) is 5.91 Å². The number of hydrogen-bond donors (Lipinski definition) is 2. The maximum absolute atomic E-state index is 11.8. The second-order valence-corrected chi connectivity index (χ2v) is 4.48. The van der Waals surface area contributed by atoms with Crippen LogP contribution in [-0.2, 0) is 11.2 Å². The van der Waals surface area contributed by atoms with E-state index in [4.69, 9.17) is 10.2 Å². The molecule has 1 saturated heterocycles. The largest absolute Gasteiger partial charge is 0.408 e. The summed E-state index contributed by atoms with van der Waals surface area (Å²) >= 11 is 0. The van der Waals surface area contributed by atoms with Crippen LogP contribution >= 0.6 is 0 Å². The number of piperazine rings is 1. The van der Waals surface area contributed by atoms with Gasteiger partial charge in [0.1, 0.15) is 5.54 Å².